The molecule has 0 saturated carbocycles. The molecule has 0 aliphatic carbocycles. The molecule has 0 radical (unpaired) electrons. The van der Waals surface area contributed by atoms with Crippen molar-refractivity contribution in [1.29, 1.82) is 0 Å². The number of piperazine rings is 1. The van der Waals surface area contributed by atoms with Gasteiger partial charge in [0.05, 0.1) is 11.3 Å². The number of carbonyl (C=O) groups excluding carboxylic acids is 1. The van der Waals surface area contributed by atoms with Gasteiger partial charge in [0.1, 0.15) is 5.82 Å². The lowest BCUT2D eigenvalue weighted by molar-refractivity contribution is 0.0626. The van der Waals surface area contributed by atoms with Gasteiger partial charge in [-0.2, -0.15) is 0 Å². The zero-order valence-corrected chi connectivity index (χ0v) is 18.2. The van der Waals surface area contributed by atoms with E-state index in [2.05, 4.69) is 33.1 Å². The molecule has 7 heteroatoms. The van der Waals surface area contributed by atoms with Crippen molar-refractivity contribution in [3.8, 4) is 11.5 Å². The zero-order chi connectivity index (χ0) is 21.9. The fourth-order valence-corrected chi connectivity index (χ4v) is 4.17. The van der Waals surface area contributed by atoms with Gasteiger partial charge in [0.25, 0.3) is 5.91 Å². The Kier molecular flexibility index (Phi) is 5.73. The highest BCUT2D eigenvalue weighted by Crippen LogP contribution is 2.32. The summed E-state index contributed by atoms with van der Waals surface area (Å²) >= 11 is 0. The SMILES string of the molecule is Cc1nc(Cc2ccccc2)ncc1C(=O)N1CCN(Cc2ccc3c(c2)OCO3)CC1. The number of benzene rings is 2. The summed E-state index contributed by atoms with van der Waals surface area (Å²) in [5, 5.41) is 0. The third-order valence-electron chi connectivity index (χ3n) is 5.97. The Balaban J connectivity index is 1.18. The van der Waals surface area contributed by atoms with Gasteiger partial charge >= 0.3 is 0 Å². The number of carbonyl (C=O) groups is 1. The molecule has 1 amide bonds. The number of aryl methyl sites for hydroxylation is 1. The predicted molar refractivity (Wildman–Crippen MR) is 120 cm³/mol. The summed E-state index contributed by atoms with van der Waals surface area (Å²) in [5.41, 5.74) is 3.67. The average Bonchev–Trinajstić information content (AvgIpc) is 3.28. The summed E-state index contributed by atoms with van der Waals surface area (Å²) in [7, 11) is 0. The van der Waals surface area contributed by atoms with Crippen LogP contribution in [0.2, 0.25) is 0 Å². The normalized spacial score (nSPS) is 15.7. The Morgan fingerprint density at radius 3 is 2.53 bits per heavy atom. The smallest absolute Gasteiger partial charge is 0.257 e. The molecule has 1 fully saturated rings. The quantitative estimate of drug-likeness (QED) is 0.620. The second kappa shape index (κ2) is 8.96. The van der Waals surface area contributed by atoms with Crippen molar-refractivity contribution in [3.63, 3.8) is 0 Å². The maximum absolute atomic E-state index is 13.1. The Morgan fingerprint density at radius 1 is 0.969 bits per heavy atom. The molecule has 2 aromatic carbocycles. The maximum Gasteiger partial charge on any atom is 0.257 e. The number of rotatable bonds is 5. The molecular weight excluding hydrogens is 404 g/mol. The van der Waals surface area contributed by atoms with Crippen molar-refractivity contribution < 1.29 is 14.3 Å². The molecule has 0 atom stereocenters. The first kappa shape index (κ1) is 20.5. The fraction of sp³-hybridized carbons (Fsp3) is 0.320. The standard InChI is InChI=1S/C25H26N4O3/c1-18-21(15-26-24(27-18)14-19-5-3-2-4-6-19)25(30)29-11-9-28(10-12-29)16-20-7-8-22-23(13-20)32-17-31-22/h2-8,13,15H,9-12,14,16-17H2,1H3. The van der Waals surface area contributed by atoms with Crippen LogP contribution in [0.1, 0.15) is 33.0 Å². The van der Waals surface area contributed by atoms with Crippen molar-refractivity contribution in [3.05, 3.63) is 82.9 Å². The van der Waals surface area contributed by atoms with Gasteiger partial charge in [0.2, 0.25) is 6.79 Å². The minimum Gasteiger partial charge on any atom is -0.454 e. The van der Waals surface area contributed by atoms with Gasteiger partial charge in [-0.3, -0.25) is 9.69 Å². The van der Waals surface area contributed by atoms with E-state index < -0.39 is 0 Å². The lowest BCUT2D eigenvalue weighted by Crippen LogP contribution is -2.48. The minimum absolute atomic E-state index is 0.0106. The van der Waals surface area contributed by atoms with Gasteiger partial charge in [-0.1, -0.05) is 36.4 Å². The highest BCUT2D eigenvalue weighted by Gasteiger charge is 2.24. The van der Waals surface area contributed by atoms with Gasteiger partial charge in [-0.25, -0.2) is 9.97 Å². The molecule has 5 rings (SSSR count). The van der Waals surface area contributed by atoms with Gasteiger partial charge < -0.3 is 14.4 Å². The lowest BCUT2D eigenvalue weighted by atomic mass is 10.1. The molecule has 164 valence electrons. The van der Waals surface area contributed by atoms with E-state index >= 15 is 0 Å². The van der Waals surface area contributed by atoms with Crippen LogP contribution in [0.5, 0.6) is 11.5 Å². The van der Waals surface area contributed by atoms with Gasteiger partial charge in [0.15, 0.2) is 11.5 Å². The van der Waals surface area contributed by atoms with Crippen LogP contribution in [-0.2, 0) is 13.0 Å². The Bertz CT molecular complexity index is 1110. The van der Waals surface area contributed by atoms with E-state index in [-0.39, 0.29) is 12.7 Å². The highest BCUT2D eigenvalue weighted by atomic mass is 16.7. The molecule has 0 spiro atoms. The number of aromatic nitrogens is 2. The monoisotopic (exact) mass is 430 g/mol. The summed E-state index contributed by atoms with van der Waals surface area (Å²) < 4.78 is 10.9. The average molecular weight is 431 g/mol. The number of ether oxygens (including phenoxy) is 2. The number of hydrogen-bond donors (Lipinski definition) is 0. The molecule has 3 heterocycles. The number of hydrogen-bond acceptors (Lipinski definition) is 6. The third kappa shape index (κ3) is 4.43. The molecule has 1 saturated heterocycles. The molecule has 2 aliphatic heterocycles. The fourth-order valence-electron chi connectivity index (χ4n) is 4.17. The summed E-state index contributed by atoms with van der Waals surface area (Å²) in [5.74, 6) is 2.36. The first-order valence-corrected chi connectivity index (χ1v) is 10.9. The highest BCUT2D eigenvalue weighted by molar-refractivity contribution is 5.95. The van der Waals surface area contributed by atoms with Crippen molar-refractivity contribution in [1.82, 2.24) is 19.8 Å². The van der Waals surface area contributed by atoms with E-state index in [9.17, 15) is 4.79 Å². The molecule has 7 nitrogen and oxygen atoms in total. The summed E-state index contributed by atoms with van der Waals surface area (Å²) in [6, 6.07) is 16.2. The molecule has 3 aromatic rings. The second-order valence-electron chi connectivity index (χ2n) is 8.20. The predicted octanol–water partition coefficient (Wildman–Crippen LogP) is 3.06. The van der Waals surface area contributed by atoms with Crippen molar-refractivity contribution in [2.24, 2.45) is 0 Å². The lowest BCUT2D eigenvalue weighted by Gasteiger charge is -2.35. The van der Waals surface area contributed by atoms with Crippen molar-refractivity contribution >= 4 is 5.91 Å². The minimum atomic E-state index is 0.0106. The van der Waals surface area contributed by atoms with E-state index in [0.717, 1.165) is 48.2 Å². The van der Waals surface area contributed by atoms with Crippen LogP contribution in [0, 0.1) is 6.92 Å². The van der Waals surface area contributed by atoms with E-state index in [1.54, 1.807) is 6.20 Å². The van der Waals surface area contributed by atoms with Crippen LogP contribution in [0.4, 0.5) is 0 Å². The van der Waals surface area contributed by atoms with E-state index in [1.165, 1.54) is 5.56 Å². The van der Waals surface area contributed by atoms with Crippen LogP contribution in [-0.4, -0.2) is 58.6 Å². The number of nitrogens with zero attached hydrogens (tertiary/aromatic N) is 4. The van der Waals surface area contributed by atoms with Crippen molar-refractivity contribution in [2.45, 2.75) is 19.9 Å². The molecule has 1 aromatic heterocycles. The van der Waals surface area contributed by atoms with Crippen LogP contribution in [0.25, 0.3) is 0 Å². The first-order valence-electron chi connectivity index (χ1n) is 10.9. The number of amides is 1. The van der Waals surface area contributed by atoms with Crippen LogP contribution in [0.3, 0.4) is 0 Å². The Morgan fingerprint density at radius 2 is 1.75 bits per heavy atom. The van der Waals surface area contributed by atoms with Gasteiger partial charge in [-0.15, -0.1) is 0 Å². The Hall–Kier alpha value is -3.45. The maximum atomic E-state index is 13.1. The number of fused-ring (bicyclic) bond motifs is 1. The van der Waals surface area contributed by atoms with E-state index in [1.807, 2.05) is 42.2 Å². The molecule has 32 heavy (non-hydrogen) atoms. The molecule has 2 aliphatic rings. The zero-order valence-electron chi connectivity index (χ0n) is 18.2. The summed E-state index contributed by atoms with van der Waals surface area (Å²) in [4.78, 5) is 26.4. The molecule has 0 unspecified atom stereocenters. The molecule has 0 N–H and O–H groups in total. The summed E-state index contributed by atoms with van der Waals surface area (Å²) in [6.07, 6.45) is 2.34. The molecular formula is C25H26N4O3. The van der Waals surface area contributed by atoms with E-state index in [4.69, 9.17) is 9.47 Å². The van der Waals surface area contributed by atoms with Crippen LogP contribution in [0.15, 0.2) is 54.7 Å². The third-order valence-corrected chi connectivity index (χ3v) is 5.97. The van der Waals surface area contributed by atoms with Gasteiger partial charge in [-0.05, 0) is 30.2 Å². The van der Waals surface area contributed by atoms with Crippen molar-refractivity contribution in [2.75, 3.05) is 33.0 Å². The Labute approximate surface area is 187 Å². The van der Waals surface area contributed by atoms with Crippen LogP contribution < -0.4 is 9.47 Å². The molecule has 0 bridgehead atoms. The van der Waals surface area contributed by atoms with Gasteiger partial charge in [0, 0.05) is 45.3 Å². The topological polar surface area (TPSA) is 67.8 Å². The van der Waals surface area contributed by atoms with E-state index in [0.29, 0.717) is 25.1 Å². The second-order valence-corrected chi connectivity index (χ2v) is 8.20. The van der Waals surface area contributed by atoms with Crippen LogP contribution >= 0.6 is 0 Å². The summed E-state index contributed by atoms with van der Waals surface area (Å²) in [6.45, 7) is 6.03. The first-order chi connectivity index (χ1) is 15.7. The largest absolute Gasteiger partial charge is 0.454 e.